The number of hydrogen-bond donors (Lipinski definition) is 2. The summed E-state index contributed by atoms with van der Waals surface area (Å²) in [4.78, 5) is 35.8. The first kappa shape index (κ1) is 17.7. The summed E-state index contributed by atoms with van der Waals surface area (Å²) in [6.07, 6.45) is 0.479. The summed E-state index contributed by atoms with van der Waals surface area (Å²) in [6.45, 7) is 3.91. The van der Waals surface area contributed by atoms with Crippen LogP contribution in [-0.4, -0.2) is 28.1 Å². The van der Waals surface area contributed by atoms with Gasteiger partial charge in [0, 0.05) is 25.0 Å². The maximum Gasteiger partial charge on any atom is 0.308 e. The molecule has 2 rings (SSSR count). The number of aromatic nitrogens is 1. The molecule has 1 aromatic heterocycles. The van der Waals surface area contributed by atoms with E-state index >= 15 is 0 Å². The summed E-state index contributed by atoms with van der Waals surface area (Å²) in [5.41, 5.74) is 0.644. The fourth-order valence-corrected chi connectivity index (χ4v) is 2.75. The van der Waals surface area contributed by atoms with Crippen LogP contribution in [0, 0.1) is 11.8 Å². The minimum atomic E-state index is -0.933. The van der Waals surface area contributed by atoms with Crippen molar-refractivity contribution in [2.24, 2.45) is 18.9 Å². The molecule has 0 spiro atoms. The number of aryl methyl sites for hydroxylation is 1. The Morgan fingerprint density at radius 2 is 1.92 bits per heavy atom. The van der Waals surface area contributed by atoms with Crippen LogP contribution in [0.3, 0.4) is 0 Å². The average molecular weight is 330 g/mol. The molecule has 2 N–H and O–H groups in total. The van der Waals surface area contributed by atoms with E-state index in [4.69, 9.17) is 0 Å². The number of nitrogens with zero attached hydrogens (tertiary/aromatic N) is 1. The van der Waals surface area contributed by atoms with Crippen LogP contribution in [0.5, 0.6) is 0 Å². The van der Waals surface area contributed by atoms with Crippen LogP contribution in [0.2, 0.25) is 0 Å². The van der Waals surface area contributed by atoms with Crippen molar-refractivity contribution in [2.75, 3.05) is 6.54 Å². The second-order valence-corrected chi connectivity index (χ2v) is 6.35. The van der Waals surface area contributed by atoms with Gasteiger partial charge < -0.3 is 15.0 Å². The predicted octanol–water partition coefficient (Wildman–Crippen LogP) is 2.02. The van der Waals surface area contributed by atoms with E-state index in [1.807, 2.05) is 13.8 Å². The highest BCUT2D eigenvalue weighted by molar-refractivity contribution is 6.06. The SMILES string of the molecule is CC(C)CC(CNC(=O)c1cc(=O)n(C)c2ccccc12)C(=O)O. The molecule has 1 atom stereocenters. The van der Waals surface area contributed by atoms with Gasteiger partial charge in [-0.3, -0.25) is 14.4 Å². The van der Waals surface area contributed by atoms with Crippen LogP contribution in [0.15, 0.2) is 35.1 Å². The molecular formula is C18H22N2O4. The molecule has 0 saturated heterocycles. The average Bonchev–Trinajstić information content (AvgIpc) is 2.54. The molecule has 6 nitrogen and oxygen atoms in total. The maximum absolute atomic E-state index is 12.5. The maximum atomic E-state index is 12.5. The van der Waals surface area contributed by atoms with E-state index in [0.717, 1.165) is 0 Å². The van der Waals surface area contributed by atoms with Crippen LogP contribution in [0.25, 0.3) is 10.9 Å². The van der Waals surface area contributed by atoms with Crippen molar-refractivity contribution >= 4 is 22.8 Å². The number of carbonyl (C=O) groups is 2. The van der Waals surface area contributed by atoms with Gasteiger partial charge in [0.05, 0.1) is 17.0 Å². The number of para-hydroxylation sites is 1. The molecule has 0 aliphatic rings. The third kappa shape index (κ3) is 3.82. The Balaban J connectivity index is 2.27. The lowest BCUT2D eigenvalue weighted by Crippen LogP contribution is -2.34. The molecule has 0 aliphatic carbocycles. The molecule has 0 radical (unpaired) electrons. The minimum Gasteiger partial charge on any atom is -0.481 e. The van der Waals surface area contributed by atoms with Gasteiger partial charge in [0.1, 0.15) is 0 Å². The molecule has 128 valence electrons. The highest BCUT2D eigenvalue weighted by atomic mass is 16.4. The molecule has 1 amide bonds. The van der Waals surface area contributed by atoms with Gasteiger partial charge in [0.2, 0.25) is 0 Å². The monoisotopic (exact) mass is 330 g/mol. The Labute approximate surface area is 140 Å². The number of pyridine rings is 1. The van der Waals surface area contributed by atoms with Gasteiger partial charge in [-0.1, -0.05) is 32.0 Å². The minimum absolute atomic E-state index is 0.0376. The van der Waals surface area contributed by atoms with E-state index in [1.165, 1.54) is 10.6 Å². The number of benzene rings is 1. The lowest BCUT2D eigenvalue weighted by molar-refractivity contribution is -0.142. The van der Waals surface area contributed by atoms with Crippen LogP contribution in [-0.2, 0) is 11.8 Å². The molecule has 24 heavy (non-hydrogen) atoms. The lowest BCUT2D eigenvalue weighted by atomic mass is 9.97. The van der Waals surface area contributed by atoms with Gasteiger partial charge in [0.25, 0.3) is 11.5 Å². The van der Waals surface area contributed by atoms with E-state index in [0.29, 0.717) is 17.3 Å². The van der Waals surface area contributed by atoms with Crippen LogP contribution >= 0.6 is 0 Å². The van der Waals surface area contributed by atoms with E-state index in [2.05, 4.69) is 5.32 Å². The number of carboxylic acid groups (broad SMARTS) is 1. The second kappa shape index (κ2) is 7.29. The zero-order valence-electron chi connectivity index (χ0n) is 14.1. The number of amides is 1. The normalized spacial score (nSPS) is 12.3. The fourth-order valence-electron chi connectivity index (χ4n) is 2.75. The Morgan fingerprint density at radius 1 is 1.25 bits per heavy atom. The van der Waals surface area contributed by atoms with Gasteiger partial charge >= 0.3 is 5.97 Å². The Kier molecular flexibility index (Phi) is 5.39. The first-order valence-electron chi connectivity index (χ1n) is 7.91. The first-order valence-corrected chi connectivity index (χ1v) is 7.91. The number of fused-ring (bicyclic) bond motifs is 1. The van der Waals surface area contributed by atoms with Crippen molar-refractivity contribution in [1.29, 1.82) is 0 Å². The van der Waals surface area contributed by atoms with Crippen LogP contribution in [0.1, 0.15) is 30.6 Å². The van der Waals surface area contributed by atoms with Gasteiger partial charge in [-0.15, -0.1) is 0 Å². The van der Waals surface area contributed by atoms with Crippen molar-refractivity contribution in [1.82, 2.24) is 9.88 Å². The standard InChI is InChI=1S/C18H22N2O4/c1-11(2)8-12(18(23)24)10-19-17(22)14-9-16(21)20(3)15-7-5-4-6-13(14)15/h4-7,9,11-12H,8,10H2,1-3H3,(H,19,22)(H,23,24). The third-order valence-electron chi connectivity index (χ3n) is 4.01. The zero-order valence-corrected chi connectivity index (χ0v) is 14.1. The molecule has 1 heterocycles. The topological polar surface area (TPSA) is 88.4 Å². The Bertz CT molecular complexity index is 823. The number of rotatable bonds is 6. The third-order valence-corrected chi connectivity index (χ3v) is 4.01. The molecule has 2 aromatic rings. The number of aliphatic carboxylic acids is 1. The van der Waals surface area contributed by atoms with Crippen LogP contribution < -0.4 is 10.9 Å². The second-order valence-electron chi connectivity index (χ2n) is 6.35. The van der Waals surface area contributed by atoms with Crippen molar-refractivity contribution in [3.8, 4) is 0 Å². The van der Waals surface area contributed by atoms with E-state index in [9.17, 15) is 19.5 Å². The molecular weight excluding hydrogens is 308 g/mol. The number of hydrogen-bond acceptors (Lipinski definition) is 3. The molecule has 0 bridgehead atoms. The number of carbonyl (C=O) groups excluding carboxylic acids is 1. The van der Waals surface area contributed by atoms with E-state index in [-0.39, 0.29) is 23.6 Å². The molecule has 0 aliphatic heterocycles. The molecule has 0 saturated carbocycles. The van der Waals surface area contributed by atoms with Crippen LogP contribution in [0.4, 0.5) is 0 Å². The van der Waals surface area contributed by atoms with Gasteiger partial charge in [0.15, 0.2) is 0 Å². The largest absolute Gasteiger partial charge is 0.481 e. The van der Waals surface area contributed by atoms with Crippen molar-refractivity contribution in [2.45, 2.75) is 20.3 Å². The van der Waals surface area contributed by atoms with Crippen molar-refractivity contribution in [3.05, 3.63) is 46.2 Å². The summed E-state index contributed by atoms with van der Waals surface area (Å²) in [6, 6.07) is 8.42. The highest BCUT2D eigenvalue weighted by Crippen LogP contribution is 2.17. The summed E-state index contributed by atoms with van der Waals surface area (Å²) in [7, 11) is 1.65. The smallest absolute Gasteiger partial charge is 0.308 e. The fraction of sp³-hybridized carbons (Fsp3) is 0.389. The number of carboxylic acids is 1. The Hall–Kier alpha value is -2.63. The molecule has 0 fully saturated rings. The summed E-state index contributed by atoms with van der Waals surface area (Å²) in [5.74, 6) is -1.80. The van der Waals surface area contributed by atoms with Gasteiger partial charge in [-0.2, -0.15) is 0 Å². The molecule has 1 aromatic carbocycles. The quantitative estimate of drug-likeness (QED) is 0.848. The Morgan fingerprint density at radius 3 is 2.54 bits per heavy atom. The first-order chi connectivity index (χ1) is 11.3. The van der Waals surface area contributed by atoms with Crippen molar-refractivity contribution < 1.29 is 14.7 Å². The van der Waals surface area contributed by atoms with E-state index < -0.39 is 17.8 Å². The van der Waals surface area contributed by atoms with Gasteiger partial charge in [-0.25, -0.2) is 0 Å². The summed E-state index contributed by atoms with van der Waals surface area (Å²) >= 11 is 0. The summed E-state index contributed by atoms with van der Waals surface area (Å²) < 4.78 is 1.48. The predicted molar refractivity (Wildman–Crippen MR) is 92.1 cm³/mol. The van der Waals surface area contributed by atoms with Gasteiger partial charge in [-0.05, 0) is 18.4 Å². The highest BCUT2D eigenvalue weighted by Gasteiger charge is 2.21. The van der Waals surface area contributed by atoms with E-state index in [1.54, 1.807) is 31.3 Å². The number of nitrogens with one attached hydrogen (secondary N) is 1. The lowest BCUT2D eigenvalue weighted by Gasteiger charge is -2.16. The van der Waals surface area contributed by atoms with Crippen molar-refractivity contribution in [3.63, 3.8) is 0 Å². The molecule has 1 unspecified atom stereocenters. The zero-order chi connectivity index (χ0) is 17.9. The molecule has 6 heteroatoms. The summed E-state index contributed by atoms with van der Waals surface area (Å²) in [5, 5.41) is 12.6.